The number of nitrogens with zero attached hydrogens (tertiary/aromatic N) is 1. The maximum absolute atomic E-state index is 12.8. The SMILES string of the molecule is COC(=O)c1c(C(F)F)cc(CN)nc1C(F)(F)F. The van der Waals surface area contributed by atoms with Crippen molar-refractivity contribution >= 4 is 5.97 Å². The molecule has 0 aliphatic carbocycles. The number of methoxy groups -OCH3 is 1. The lowest BCUT2D eigenvalue weighted by molar-refractivity contribution is -0.142. The zero-order valence-electron chi connectivity index (χ0n) is 9.59. The van der Waals surface area contributed by atoms with Crippen LogP contribution in [0.3, 0.4) is 0 Å². The highest BCUT2D eigenvalue weighted by Gasteiger charge is 2.40. The van der Waals surface area contributed by atoms with Crippen LogP contribution in [0.15, 0.2) is 6.07 Å². The molecule has 0 amide bonds. The van der Waals surface area contributed by atoms with Gasteiger partial charge in [-0.05, 0) is 6.07 Å². The van der Waals surface area contributed by atoms with E-state index in [-0.39, 0.29) is 0 Å². The molecule has 106 valence electrons. The molecule has 0 radical (unpaired) electrons. The third-order valence-electron chi connectivity index (χ3n) is 2.21. The molecule has 1 aromatic heterocycles. The average molecular weight is 284 g/mol. The minimum atomic E-state index is -5.07. The molecule has 9 heteroatoms. The van der Waals surface area contributed by atoms with E-state index >= 15 is 0 Å². The summed E-state index contributed by atoms with van der Waals surface area (Å²) in [4.78, 5) is 14.4. The molecular formula is C10H9F5N2O2. The van der Waals surface area contributed by atoms with Crippen molar-refractivity contribution in [1.29, 1.82) is 0 Å². The average Bonchev–Trinajstić information content (AvgIpc) is 2.34. The predicted molar refractivity (Wildman–Crippen MR) is 53.4 cm³/mol. The lowest BCUT2D eigenvalue weighted by Crippen LogP contribution is -2.21. The van der Waals surface area contributed by atoms with Crippen LogP contribution in [0.2, 0.25) is 0 Å². The summed E-state index contributed by atoms with van der Waals surface area (Å²) in [6.07, 6.45) is -8.36. The zero-order chi connectivity index (χ0) is 14.8. The molecular weight excluding hydrogens is 275 g/mol. The van der Waals surface area contributed by atoms with E-state index in [1.807, 2.05) is 0 Å². The van der Waals surface area contributed by atoms with Crippen LogP contribution in [0.5, 0.6) is 0 Å². The van der Waals surface area contributed by atoms with Gasteiger partial charge in [-0.3, -0.25) is 0 Å². The molecule has 19 heavy (non-hydrogen) atoms. The molecule has 1 rings (SSSR count). The van der Waals surface area contributed by atoms with Crippen molar-refractivity contribution in [2.45, 2.75) is 19.1 Å². The van der Waals surface area contributed by atoms with Crippen molar-refractivity contribution in [1.82, 2.24) is 4.98 Å². The summed E-state index contributed by atoms with van der Waals surface area (Å²) in [6, 6.07) is 0.659. The predicted octanol–water partition coefficient (Wildman–Crippen LogP) is 2.28. The van der Waals surface area contributed by atoms with E-state index in [1.165, 1.54) is 0 Å². The summed E-state index contributed by atoms with van der Waals surface area (Å²) >= 11 is 0. The van der Waals surface area contributed by atoms with Crippen molar-refractivity contribution in [2.75, 3.05) is 7.11 Å². The minimum absolute atomic E-state index is 0.393. The lowest BCUT2D eigenvalue weighted by atomic mass is 10.0. The largest absolute Gasteiger partial charge is 0.465 e. The number of nitrogens with two attached hydrogens (primary N) is 1. The fraction of sp³-hybridized carbons (Fsp3) is 0.400. The Morgan fingerprint density at radius 2 is 2.05 bits per heavy atom. The van der Waals surface area contributed by atoms with Crippen molar-refractivity contribution in [3.63, 3.8) is 0 Å². The third kappa shape index (κ3) is 3.16. The van der Waals surface area contributed by atoms with Crippen LogP contribution < -0.4 is 5.73 Å². The number of hydrogen-bond acceptors (Lipinski definition) is 4. The summed E-state index contributed by atoms with van der Waals surface area (Å²) in [5.41, 5.74) is 0.589. The van der Waals surface area contributed by atoms with Gasteiger partial charge in [-0.15, -0.1) is 0 Å². The Hall–Kier alpha value is -1.77. The summed E-state index contributed by atoms with van der Waals surface area (Å²) in [7, 11) is 0.786. The molecule has 0 saturated heterocycles. The summed E-state index contributed by atoms with van der Waals surface area (Å²) in [6.45, 7) is -0.468. The van der Waals surface area contributed by atoms with E-state index in [0.717, 1.165) is 7.11 Å². The molecule has 0 aliphatic rings. The van der Waals surface area contributed by atoms with E-state index in [2.05, 4.69) is 9.72 Å². The van der Waals surface area contributed by atoms with Crippen LogP contribution in [0, 0.1) is 0 Å². The third-order valence-corrected chi connectivity index (χ3v) is 2.21. The maximum Gasteiger partial charge on any atom is 0.434 e. The van der Waals surface area contributed by atoms with Gasteiger partial charge in [-0.1, -0.05) is 0 Å². The zero-order valence-corrected chi connectivity index (χ0v) is 9.59. The Morgan fingerprint density at radius 1 is 1.47 bits per heavy atom. The van der Waals surface area contributed by atoms with E-state index in [0.29, 0.717) is 6.07 Å². The Balaban J connectivity index is 3.66. The molecule has 0 atom stereocenters. The number of hydrogen-bond donors (Lipinski definition) is 1. The van der Waals surface area contributed by atoms with Gasteiger partial charge in [0.1, 0.15) is 0 Å². The normalized spacial score (nSPS) is 11.8. The maximum atomic E-state index is 12.8. The van der Waals surface area contributed by atoms with E-state index in [4.69, 9.17) is 5.73 Å². The molecule has 2 N–H and O–H groups in total. The number of aromatic nitrogens is 1. The molecule has 0 aliphatic heterocycles. The van der Waals surface area contributed by atoms with Crippen molar-refractivity contribution in [3.8, 4) is 0 Å². The molecule has 0 spiro atoms. The number of halogens is 5. The number of carbonyl (C=O) groups excluding carboxylic acids is 1. The Labute approximate surface area is 104 Å². The number of carbonyl (C=O) groups is 1. The molecule has 0 saturated carbocycles. The summed E-state index contributed by atoms with van der Waals surface area (Å²) < 4.78 is 67.9. The van der Waals surface area contributed by atoms with E-state index in [1.54, 1.807) is 0 Å². The van der Waals surface area contributed by atoms with Gasteiger partial charge in [0, 0.05) is 12.1 Å². The van der Waals surface area contributed by atoms with Gasteiger partial charge in [0.2, 0.25) is 0 Å². The highest BCUT2D eigenvalue weighted by Crippen LogP contribution is 2.35. The van der Waals surface area contributed by atoms with Gasteiger partial charge in [0.15, 0.2) is 5.69 Å². The molecule has 1 aromatic rings. The first-order valence-corrected chi connectivity index (χ1v) is 4.89. The highest BCUT2D eigenvalue weighted by atomic mass is 19.4. The number of esters is 1. The molecule has 0 aromatic carbocycles. The van der Waals surface area contributed by atoms with Crippen LogP contribution in [-0.4, -0.2) is 18.1 Å². The van der Waals surface area contributed by atoms with Gasteiger partial charge < -0.3 is 10.5 Å². The second-order valence-corrected chi connectivity index (χ2v) is 3.42. The van der Waals surface area contributed by atoms with Crippen molar-refractivity contribution in [3.05, 3.63) is 28.6 Å². The van der Waals surface area contributed by atoms with Gasteiger partial charge in [0.05, 0.1) is 18.4 Å². The van der Waals surface area contributed by atoms with E-state index in [9.17, 15) is 26.7 Å². The standard InChI is InChI=1S/C10H9F5N2O2/c1-19-9(18)6-5(8(11)12)2-4(3-16)17-7(6)10(13,14)15/h2,8H,3,16H2,1H3. The first kappa shape index (κ1) is 15.3. The van der Waals surface area contributed by atoms with Crippen LogP contribution >= 0.6 is 0 Å². The van der Waals surface area contributed by atoms with Crippen LogP contribution in [0.25, 0.3) is 0 Å². The van der Waals surface area contributed by atoms with Gasteiger partial charge >= 0.3 is 12.1 Å². The van der Waals surface area contributed by atoms with Crippen LogP contribution in [0.1, 0.15) is 33.7 Å². The smallest absolute Gasteiger partial charge is 0.434 e. The van der Waals surface area contributed by atoms with E-state index < -0.39 is 47.6 Å². The Kier molecular flexibility index (Phi) is 4.40. The lowest BCUT2D eigenvalue weighted by Gasteiger charge is -2.15. The number of alkyl halides is 5. The molecule has 4 nitrogen and oxygen atoms in total. The molecule has 0 fully saturated rings. The van der Waals surface area contributed by atoms with Crippen molar-refractivity contribution in [2.24, 2.45) is 5.73 Å². The van der Waals surface area contributed by atoms with Gasteiger partial charge in [0.25, 0.3) is 6.43 Å². The topological polar surface area (TPSA) is 65.2 Å². The Morgan fingerprint density at radius 3 is 2.42 bits per heavy atom. The first-order chi connectivity index (χ1) is 8.72. The molecule has 0 bridgehead atoms. The second kappa shape index (κ2) is 5.47. The summed E-state index contributed by atoms with van der Waals surface area (Å²) in [5.74, 6) is -1.53. The number of pyridine rings is 1. The van der Waals surface area contributed by atoms with Crippen LogP contribution in [0.4, 0.5) is 22.0 Å². The first-order valence-electron chi connectivity index (χ1n) is 4.89. The number of ether oxygens (including phenoxy) is 1. The van der Waals surface area contributed by atoms with Crippen LogP contribution in [-0.2, 0) is 17.5 Å². The minimum Gasteiger partial charge on any atom is -0.465 e. The number of rotatable bonds is 3. The fourth-order valence-electron chi connectivity index (χ4n) is 1.42. The molecule has 0 unspecified atom stereocenters. The van der Waals surface area contributed by atoms with Crippen molar-refractivity contribution < 1.29 is 31.5 Å². The van der Waals surface area contributed by atoms with Gasteiger partial charge in [-0.25, -0.2) is 18.6 Å². The Bertz CT molecular complexity index is 488. The van der Waals surface area contributed by atoms with Gasteiger partial charge in [-0.2, -0.15) is 13.2 Å². The quantitative estimate of drug-likeness (QED) is 0.683. The monoisotopic (exact) mass is 284 g/mol. The molecule has 1 heterocycles. The second-order valence-electron chi connectivity index (χ2n) is 3.42. The highest BCUT2D eigenvalue weighted by molar-refractivity contribution is 5.92. The fourth-order valence-corrected chi connectivity index (χ4v) is 1.42. The summed E-state index contributed by atoms with van der Waals surface area (Å²) in [5, 5.41) is 0.